The van der Waals surface area contributed by atoms with Crippen molar-refractivity contribution in [2.75, 3.05) is 13.2 Å². The zero-order valence-electron chi connectivity index (χ0n) is 18.0. The molecule has 1 heterocycles. The number of carbonyl (C=O) groups is 1. The van der Waals surface area contributed by atoms with Gasteiger partial charge in [0.1, 0.15) is 5.82 Å². The van der Waals surface area contributed by atoms with E-state index in [1.54, 1.807) is 30.5 Å². The van der Waals surface area contributed by atoms with Crippen molar-refractivity contribution in [2.45, 2.75) is 33.1 Å². The second kappa shape index (κ2) is 10.9. The molecule has 32 heavy (non-hydrogen) atoms. The molecule has 0 aliphatic heterocycles. The smallest absolute Gasteiger partial charge is 0.282 e. The number of ether oxygens (including phenoxy) is 2. The van der Waals surface area contributed by atoms with Crippen LogP contribution in [0, 0.1) is 0 Å². The van der Waals surface area contributed by atoms with Gasteiger partial charge in [0.15, 0.2) is 18.1 Å². The molecule has 0 fully saturated rings. The Bertz CT molecular complexity index is 1210. The van der Waals surface area contributed by atoms with Crippen LogP contribution in [0.1, 0.15) is 38.1 Å². The number of unbranched alkanes of at least 4 members (excludes halogenated alkanes) is 1. The number of benzene rings is 2. The van der Waals surface area contributed by atoms with Crippen molar-refractivity contribution in [3.63, 3.8) is 0 Å². The summed E-state index contributed by atoms with van der Waals surface area (Å²) in [4.78, 5) is 28.8. The van der Waals surface area contributed by atoms with Gasteiger partial charge < -0.3 is 15.2 Å². The first-order valence-corrected chi connectivity index (χ1v) is 11.2. The highest BCUT2D eigenvalue weighted by molar-refractivity contribution is 9.10. The summed E-state index contributed by atoms with van der Waals surface area (Å²) in [5, 5.41) is 4.93. The molecule has 0 radical (unpaired) electrons. The maximum absolute atomic E-state index is 13.2. The van der Waals surface area contributed by atoms with E-state index >= 15 is 0 Å². The first kappa shape index (κ1) is 23.5. The molecule has 0 atom stereocenters. The van der Waals surface area contributed by atoms with Gasteiger partial charge in [0.2, 0.25) is 0 Å². The predicted octanol–water partition coefficient (Wildman–Crippen LogP) is 3.65. The summed E-state index contributed by atoms with van der Waals surface area (Å²) >= 11 is 3.41. The van der Waals surface area contributed by atoms with Gasteiger partial charge in [-0.15, -0.1) is 0 Å². The number of rotatable bonds is 10. The minimum Gasteiger partial charge on any atom is -0.490 e. The Labute approximate surface area is 194 Å². The standard InChI is InChI=1S/C23H25BrN4O4/c1-3-5-6-22-27-18-9-8-16(24)12-17(18)23(30)28(22)26-13-15-7-10-19(32-14-21(25)29)20(11-15)31-4-2/h7-13H,3-6,14H2,1-2H3,(H2,25,29). The summed E-state index contributed by atoms with van der Waals surface area (Å²) in [6.07, 6.45) is 4.08. The Morgan fingerprint density at radius 2 is 2.00 bits per heavy atom. The van der Waals surface area contributed by atoms with Gasteiger partial charge in [0.25, 0.3) is 11.5 Å². The first-order chi connectivity index (χ1) is 15.4. The van der Waals surface area contributed by atoms with Crippen LogP contribution in [0.5, 0.6) is 11.5 Å². The van der Waals surface area contributed by atoms with Gasteiger partial charge in [-0.1, -0.05) is 29.3 Å². The lowest BCUT2D eigenvalue weighted by molar-refractivity contribution is -0.119. The molecule has 8 nitrogen and oxygen atoms in total. The molecular formula is C23H25BrN4O4. The molecule has 2 N–H and O–H groups in total. The van der Waals surface area contributed by atoms with Crippen LogP contribution in [0.25, 0.3) is 10.9 Å². The van der Waals surface area contributed by atoms with Crippen LogP contribution >= 0.6 is 15.9 Å². The van der Waals surface area contributed by atoms with Crippen molar-refractivity contribution in [3.05, 3.63) is 62.6 Å². The summed E-state index contributed by atoms with van der Waals surface area (Å²) in [5.74, 6) is 0.888. The molecule has 1 amide bonds. The largest absolute Gasteiger partial charge is 0.490 e. The van der Waals surface area contributed by atoms with Crippen molar-refractivity contribution in [2.24, 2.45) is 10.8 Å². The number of primary amides is 1. The predicted molar refractivity (Wildman–Crippen MR) is 128 cm³/mol. The molecule has 0 saturated carbocycles. The molecule has 0 saturated heterocycles. The van der Waals surface area contributed by atoms with E-state index in [1.165, 1.54) is 4.68 Å². The first-order valence-electron chi connectivity index (χ1n) is 10.4. The van der Waals surface area contributed by atoms with Crippen LogP contribution in [0.2, 0.25) is 0 Å². The van der Waals surface area contributed by atoms with Crippen LogP contribution in [-0.4, -0.2) is 35.0 Å². The van der Waals surface area contributed by atoms with Gasteiger partial charge >= 0.3 is 0 Å². The lowest BCUT2D eigenvalue weighted by Gasteiger charge is -2.12. The summed E-state index contributed by atoms with van der Waals surface area (Å²) in [7, 11) is 0. The van der Waals surface area contributed by atoms with E-state index in [0.29, 0.717) is 46.8 Å². The van der Waals surface area contributed by atoms with Gasteiger partial charge in [-0.25, -0.2) is 4.98 Å². The minimum absolute atomic E-state index is 0.231. The van der Waals surface area contributed by atoms with E-state index in [2.05, 4.69) is 32.9 Å². The van der Waals surface area contributed by atoms with Crippen LogP contribution in [0.15, 0.2) is 50.8 Å². The fourth-order valence-electron chi connectivity index (χ4n) is 3.08. The molecule has 0 aliphatic carbocycles. The van der Waals surface area contributed by atoms with E-state index in [-0.39, 0.29) is 12.2 Å². The van der Waals surface area contributed by atoms with Crippen LogP contribution < -0.4 is 20.8 Å². The number of carbonyl (C=O) groups excluding carboxylic acids is 1. The van der Waals surface area contributed by atoms with E-state index in [0.717, 1.165) is 17.3 Å². The Hall–Kier alpha value is -3.20. The summed E-state index contributed by atoms with van der Waals surface area (Å²) < 4.78 is 13.2. The fourth-order valence-corrected chi connectivity index (χ4v) is 3.44. The van der Waals surface area contributed by atoms with Crippen molar-refractivity contribution >= 4 is 39.0 Å². The highest BCUT2D eigenvalue weighted by Gasteiger charge is 2.12. The molecule has 9 heteroatoms. The number of halogens is 1. The number of aromatic nitrogens is 2. The lowest BCUT2D eigenvalue weighted by Crippen LogP contribution is -2.22. The molecule has 0 aliphatic rings. The quantitative estimate of drug-likeness (QED) is 0.427. The molecule has 0 unspecified atom stereocenters. The summed E-state index contributed by atoms with van der Waals surface area (Å²) in [5.41, 5.74) is 6.26. The highest BCUT2D eigenvalue weighted by atomic mass is 79.9. The summed E-state index contributed by atoms with van der Waals surface area (Å²) in [6.45, 7) is 4.09. The highest BCUT2D eigenvalue weighted by Crippen LogP contribution is 2.28. The second-order valence-corrected chi connectivity index (χ2v) is 7.96. The van der Waals surface area contributed by atoms with Gasteiger partial charge in [-0.3, -0.25) is 9.59 Å². The molecule has 2 aromatic carbocycles. The molecular weight excluding hydrogens is 476 g/mol. The number of hydrogen-bond acceptors (Lipinski definition) is 6. The number of aryl methyl sites for hydroxylation is 1. The van der Waals surface area contributed by atoms with E-state index in [1.807, 2.05) is 19.1 Å². The third kappa shape index (κ3) is 5.73. The number of hydrogen-bond donors (Lipinski definition) is 1. The van der Waals surface area contributed by atoms with Crippen molar-refractivity contribution in [3.8, 4) is 11.5 Å². The number of fused-ring (bicyclic) bond motifs is 1. The maximum Gasteiger partial charge on any atom is 0.282 e. The molecule has 0 bridgehead atoms. The topological polar surface area (TPSA) is 109 Å². The van der Waals surface area contributed by atoms with Crippen molar-refractivity contribution in [1.29, 1.82) is 0 Å². The fraction of sp³-hybridized carbons (Fsp3) is 0.304. The third-order valence-electron chi connectivity index (χ3n) is 4.59. The maximum atomic E-state index is 13.2. The number of nitrogens with two attached hydrogens (primary N) is 1. The van der Waals surface area contributed by atoms with E-state index in [4.69, 9.17) is 15.2 Å². The van der Waals surface area contributed by atoms with Gasteiger partial charge in [-0.2, -0.15) is 9.78 Å². The van der Waals surface area contributed by atoms with E-state index in [9.17, 15) is 9.59 Å². The number of amides is 1. The zero-order valence-corrected chi connectivity index (χ0v) is 19.6. The van der Waals surface area contributed by atoms with Gasteiger partial charge in [0.05, 0.1) is 23.7 Å². The average Bonchev–Trinajstić information content (AvgIpc) is 2.77. The SMILES string of the molecule is CCCCc1nc2ccc(Br)cc2c(=O)n1N=Cc1ccc(OCC(N)=O)c(OCC)c1. The Morgan fingerprint density at radius 1 is 1.19 bits per heavy atom. The average molecular weight is 501 g/mol. The van der Waals surface area contributed by atoms with Crippen LogP contribution in [0.4, 0.5) is 0 Å². The molecule has 0 spiro atoms. The normalized spacial score (nSPS) is 11.2. The van der Waals surface area contributed by atoms with E-state index < -0.39 is 5.91 Å². The third-order valence-corrected chi connectivity index (χ3v) is 5.08. The Morgan fingerprint density at radius 3 is 2.72 bits per heavy atom. The van der Waals surface area contributed by atoms with Crippen LogP contribution in [-0.2, 0) is 11.2 Å². The summed E-state index contributed by atoms with van der Waals surface area (Å²) in [6, 6.07) is 10.6. The van der Waals surface area contributed by atoms with Gasteiger partial charge in [-0.05, 0) is 55.3 Å². The minimum atomic E-state index is -0.576. The zero-order chi connectivity index (χ0) is 23.1. The van der Waals surface area contributed by atoms with Crippen molar-refractivity contribution < 1.29 is 14.3 Å². The Kier molecular flexibility index (Phi) is 7.99. The monoisotopic (exact) mass is 500 g/mol. The number of nitrogens with zero attached hydrogens (tertiary/aromatic N) is 3. The molecule has 168 valence electrons. The molecule has 3 aromatic rings. The lowest BCUT2D eigenvalue weighted by atomic mass is 10.2. The second-order valence-electron chi connectivity index (χ2n) is 7.05. The molecule has 1 aromatic heterocycles. The van der Waals surface area contributed by atoms with Crippen LogP contribution in [0.3, 0.4) is 0 Å². The molecule has 3 rings (SSSR count). The van der Waals surface area contributed by atoms with Gasteiger partial charge in [0, 0.05) is 10.9 Å². The van der Waals surface area contributed by atoms with Crippen molar-refractivity contribution in [1.82, 2.24) is 9.66 Å². The Balaban J connectivity index is 2.01.